The SMILES string of the molecule is Cc1[nH]c(-c2ccccc2Cl)nc1C(=O)NS(=O)(=O)C(C)C. The number of amides is 1. The molecule has 0 unspecified atom stereocenters. The lowest BCUT2D eigenvalue weighted by atomic mass is 10.2. The molecule has 2 N–H and O–H groups in total. The Morgan fingerprint density at radius 3 is 2.55 bits per heavy atom. The van der Waals surface area contributed by atoms with Crippen molar-refractivity contribution in [1.29, 1.82) is 0 Å². The molecule has 0 bridgehead atoms. The number of carbonyl (C=O) groups is 1. The van der Waals surface area contributed by atoms with E-state index >= 15 is 0 Å². The van der Waals surface area contributed by atoms with Crippen molar-refractivity contribution in [2.24, 2.45) is 0 Å². The van der Waals surface area contributed by atoms with Gasteiger partial charge >= 0.3 is 0 Å². The van der Waals surface area contributed by atoms with E-state index in [2.05, 4.69) is 9.97 Å². The summed E-state index contributed by atoms with van der Waals surface area (Å²) in [5, 5.41) is -0.225. The first-order valence-electron chi connectivity index (χ1n) is 6.60. The molecule has 0 saturated carbocycles. The number of carbonyl (C=O) groups excluding carboxylic acids is 1. The highest BCUT2D eigenvalue weighted by atomic mass is 35.5. The number of halogens is 1. The second-order valence-electron chi connectivity index (χ2n) is 5.06. The van der Waals surface area contributed by atoms with Crippen molar-refractivity contribution >= 4 is 27.5 Å². The smallest absolute Gasteiger partial charge is 0.285 e. The number of rotatable bonds is 4. The van der Waals surface area contributed by atoms with Crippen LogP contribution in [0.2, 0.25) is 5.02 Å². The second kappa shape index (κ2) is 6.10. The van der Waals surface area contributed by atoms with Crippen LogP contribution in [-0.4, -0.2) is 29.5 Å². The predicted molar refractivity (Wildman–Crippen MR) is 85.3 cm³/mol. The summed E-state index contributed by atoms with van der Waals surface area (Å²) in [4.78, 5) is 19.2. The Balaban J connectivity index is 2.35. The number of nitrogens with zero attached hydrogens (tertiary/aromatic N) is 1. The van der Waals surface area contributed by atoms with E-state index in [9.17, 15) is 13.2 Å². The van der Waals surface area contributed by atoms with E-state index in [0.29, 0.717) is 22.1 Å². The van der Waals surface area contributed by atoms with Gasteiger partial charge in [0.2, 0.25) is 10.0 Å². The number of H-pyrrole nitrogens is 1. The van der Waals surface area contributed by atoms with Gasteiger partial charge in [-0.1, -0.05) is 23.7 Å². The summed E-state index contributed by atoms with van der Waals surface area (Å²) >= 11 is 6.09. The summed E-state index contributed by atoms with van der Waals surface area (Å²) in [6.07, 6.45) is 0. The molecule has 118 valence electrons. The predicted octanol–water partition coefficient (Wildman–Crippen LogP) is 2.51. The molecule has 22 heavy (non-hydrogen) atoms. The van der Waals surface area contributed by atoms with E-state index in [0.717, 1.165) is 0 Å². The molecule has 0 aliphatic heterocycles. The first-order chi connectivity index (χ1) is 10.2. The average molecular weight is 342 g/mol. The number of sulfonamides is 1. The monoisotopic (exact) mass is 341 g/mol. The van der Waals surface area contributed by atoms with Crippen LogP contribution in [0.4, 0.5) is 0 Å². The minimum absolute atomic E-state index is 0.0270. The van der Waals surface area contributed by atoms with Crippen LogP contribution >= 0.6 is 11.6 Å². The van der Waals surface area contributed by atoms with Gasteiger partial charge in [-0.3, -0.25) is 4.79 Å². The number of aromatic nitrogens is 2. The summed E-state index contributed by atoms with van der Waals surface area (Å²) in [6.45, 7) is 4.62. The molecule has 0 aliphatic carbocycles. The van der Waals surface area contributed by atoms with Crippen molar-refractivity contribution in [2.75, 3.05) is 0 Å². The molecule has 0 saturated heterocycles. The number of aromatic amines is 1. The Morgan fingerprint density at radius 2 is 1.95 bits per heavy atom. The van der Waals surface area contributed by atoms with E-state index in [1.807, 2.05) is 4.72 Å². The van der Waals surface area contributed by atoms with E-state index in [1.54, 1.807) is 31.2 Å². The van der Waals surface area contributed by atoms with Crippen LogP contribution in [0.3, 0.4) is 0 Å². The number of nitrogens with one attached hydrogen (secondary N) is 2. The maximum Gasteiger partial charge on any atom is 0.285 e. The fourth-order valence-electron chi connectivity index (χ4n) is 1.76. The van der Waals surface area contributed by atoms with E-state index < -0.39 is 21.2 Å². The van der Waals surface area contributed by atoms with Crippen molar-refractivity contribution < 1.29 is 13.2 Å². The minimum atomic E-state index is -3.71. The topological polar surface area (TPSA) is 91.9 Å². The van der Waals surface area contributed by atoms with Crippen LogP contribution in [0, 0.1) is 6.92 Å². The highest BCUT2D eigenvalue weighted by molar-refractivity contribution is 7.90. The van der Waals surface area contributed by atoms with Crippen LogP contribution in [0.25, 0.3) is 11.4 Å². The molecule has 0 fully saturated rings. The molecule has 0 radical (unpaired) electrons. The zero-order chi connectivity index (χ0) is 16.5. The van der Waals surface area contributed by atoms with Gasteiger partial charge in [-0.2, -0.15) is 0 Å². The largest absolute Gasteiger partial charge is 0.341 e. The van der Waals surface area contributed by atoms with Crippen molar-refractivity contribution in [3.8, 4) is 11.4 Å². The summed E-state index contributed by atoms with van der Waals surface area (Å²) < 4.78 is 25.5. The highest BCUT2D eigenvalue weighted by Gasteiger charge is 2.23. The van der Waals surface area contributed by atoms with Gasteiger partial charge in [0.1, 0.15) is 5.82 Å². The van der Waals surface area contributed by atoms with Gasteiger partial charge in [0.25, 0.3) is 5.91 Å². The molecule has 2 aromatic rings. The first-order valence-corrected chi connectivity index (χ1v) is 8.52. The maximum atomic E-state index is 12.1. The van der Waals surface area contributed by atoms with E-state index in [-0.39, 0.29) is 5.69 Å². The third-order valence-corrected chi connectivity index (χ3v) is 5.13. The van der Waals surface area contributed by atoms with Gasteiger partial charge in [-0.05, 0) is 32.9 Å². The van der Waals surface area contributed by atoms with Crippen molar-refractivity contribution in [3.05, 3.63) is 40.7 Å². The quantitative estimate of drug-likeness (QED) is 0.893. The molecule has 1 aromatic heterocycles. The Kier molecular flexibility index (Phi) is 4.58. The Morgan fingerprint density at radius 1 is 1.32 bits per heavy atom. The summed E-state index contributed by atoms with van der Waals surface area (Å²) in [7, 11) is -3.71. The minimum Gasteiger partial charge on any atom is -0.341 e. The van der Waals surface area contributed by atoms with Crippen LogP contribution in [0.15, 0.2) is 24.3 Å². The molecule has 1 heterocycles. The fourth-order valence-corrected chi connectivity index (χ4v) is 2.57. The number of hydrogen-bond acceptors (Lipinski definition) is 4. The maximum absolute atomic E-state index is 12.1. The van der Waals surface area contributed by atoms with Gasteiger partial charge in [0.15, 0.2) is 5.69 Å². The zero-order valence-corrected chi connectivity index (χ0v) is 13.9. The van der Waals surface area contributed by atoms with Crippen molar-refractivity contribution in [2.45, 2.75) is 26.0 Å². The van der Waals surface area contributed by atoms with Crippen LogP contribution in [0.1, 0.15) is 30.0 Å². The van der Waals surface area contributed by atoms with Gasteiger partial charge < -0.3 is 4.98 Å². The molecule has 8 heteroatoms. The van der Waals surface area contributed by atoms with Crippen molar-refractivity contribution in [3.63, 3.8) is 0 Å². The Bertz CT molecular complexity index is 812. The van der Waals surface area contributed by atoms with E-state index in [4.69, 9.17) is 11.6 Å². The molecular formula is C14H16ClN3O3S. The molecule has 1 amide bonds. The average Bonchev–Trinajstić information content (AvgIpc) is 2.80. The first kappa shape index (κ1) is 16.5. The molecule has 2 rings (SSSR count). The standard InChI is InChI=1S/C14H16ClN3O3S/c1-8(2)22(20,21)18-14(19)12-9(3)16-13(17-12)10-6-4-5-7-11(10)15/h4-8H,1-3H3,(H,16,17)(H,18,19). The molecule has 0 aliphatic rings. The number of imidazole rings is 1. The number of benzene rings is 1. The van der Waals surface area contributed by atoms with Crippen LogP contribution < -0.4 is 4.72 Å². The Hall–Kier alpha value is -1.86. The zero-order valence-electron chi connectivity index (χ0n) is 12.3. The number of hydrogen-bond donors (Lipinski definition) is 2. The van der Waals surface area contributed by atoms with Gasteiger partial charge in [0, 0.05) is 11.3 Å². The second-order valence-corrected chi connectivity index (χ2v) is 7.71. The third kappa shape index (κ3) is 3.31. The fraction of sp³-hybridized carbons (Fsp3) is 0.286. The summed E-state index contributed by atoms with van der Waals surface area (Å²) in [6, 6.07) is 7.04. The molecule has 0 atom stereocenters. The van der Waals surface area contributed by atoms with Crippen LogP contribution in [-0.2, 0) is 10.0 Å². The molecule has 1 aromatic carbocycles. The molecule has 6 nitrogen and oxygen atoms in total. The number of aryl methyl sites for hydroxylation is 1. The summed E-state index contributed by atoms with van der Waals surface area (Å²) in [5.41, 5.74) is 1.13. The third-order valence-electron chi connectivity index (χ3n) is 3.08. The lowest BCUT2D eigenvalue weighted by Gasteiger charge is -2.08. The van der Waals surface area contributed by atoms with Gasteiger partial charge in [-0.15, -0.1) is 0 Å². The molecular weight excluding hydrogens is 326 g/mol. The van der Waals surface area contributed by atoms with Crippen molar-refractivity contribution in [1.82, 2.24) is 14.7 Å². The lowest BCUT2D eigenvalue weighted by molar-refractivity contribution is 0.0976. The lowest BCUT2D eigenvalue weighted by Crippen LogP contribution is -2.36. The summed E-state index contributed by atoms with van der Waals surface area (Å²) in [5.74, 6) is -0.351. The molecule has 0 spiro atoms. The van der Waals surface area contributed by atoms with Gasteiger partial charge in [-0.25, -0.2) is 18.1 Å². The van der Waals surface area contributed by atoms with Crippen LogP contribution in [0.5, 0.6) is 0 Å². The Labute approximate surface area is 134 Å². The van der Waals surface area contributed by atoms with Gasteiger partial charge in [0.05, 0.1) is 10.3 Å². The normalized spacial score (nSPS) is 11.7. The highest BCUT2D eigenvalue weighted by Crippen LogP contribution is 2.26. The van der Waals surface area contributed by atoms with E-state index in [1.165, 1.54) is 13.8 Å².